The SMILES string of the molecule is Cc1ccc(C)c(CN2C(=O)c3ccccc3[S@](=O)c3ccc(C(=O)N4CCN(C(=O)c5ccco5)CC4)cc32)c1. The van der Waals surface area contributed by atoms with Crippen LogP contribution in [-0.2, 0) is 17.3 Å². The molecule has 0 saturated carbocycles. The minimum absolute atomic E-state index is 0.199. The highest BCUT2D eigenvalue weighted by atomic mass is 32.2. The predicted octanol–water partition coefficient (Wildman–Crippen LogP) is 4.82. The first kappa shape index (κ1) is 26.7. The van der Waals surface area contributed by atoms with Gasteiger partial charge in [0.05, 0.1) is 44.6 Å². The fourth-order valence-corrected chi connectivity index (χ4v) is 6.69. The number of furan rings is 1. The Balaban J connectivity index is 1.32. The van der Waals surface area contributed by atoms with E-state index >= 15 is 0 Å². The molecular weight excluding hydrogens is 538 g/mol. The normalized spacial score (nSPS) is 16.7. The Labute approximate surface area is 240 Å². The van der Waals surface area contributed by atoms with Gasteiger partial charge in [-0.15, -0.1) is 0 Å². The first-order chi connectivity index (χ1) is 19.8. The maximum atomic E-state index is 14.0. The van der Waals surface area contributed by atoms with Gasteiger partial charge in [-0.05, 0) is 67.4 Å². The van der Waals surface area contributed by atoms with Gasteiger partial charge < -0.3 is 19.1 Å². The molecule has 0 unspecified atom stereocenters. The molecule has 41 heavy (non-hydrogen) atoms. The molecule has 2 aliphatic rings. The number of piperazine rings is 1. The molecule has 0 spiro atoms. The second kappa shape index (κ2) is 10.8. The van der Waals surface area contributed by atoms with Crippen molar-refractivity contribution in [2.24, 2.45) is 0 Å². The first-order valence-corrected chi connectivity index (χ1v) is 14.6. The Bertz CT molecular complexity index is 1690. The van der Waals surface area contributed by atoms with Crippen molar-refractivity contribution in [3.8, 4) is 0 Å². The highest BCUT2D eigenvalue weighted by molar-refractivity contribution is 7.85. The summed E-state index contributed by atoms with van der Waals surface area (Å²) in [4.78, 5) is 46.2. The molecular formula is C32H29N3O5S. The van der Waals surface area contributed by atoms with Crippen LogP contribution in [0.15, 0.2) is 93.3 Å². The third-order valence-corrected chi connectivity index (χ3v) is 9.18. The van der Waals surface area contributed by atoms with Gasteiger partial charge in [-0.3, -0.25) is 14.4 Å². The summed E-state index contributed by atoms with van der Waals surface area (Å²) in [5.74, 6) is -0.388. The molecule has 0 bridgehead atoms. The Morgan fingerprint density at radius 3 is 2.29 bits per heavy atom. The summed E-state index contributed by atoms with van der Waals surface area (Å²) < 4.78 is 19.0. The fraction of sp³-hybridized carbons (Fsp3) is 0.219. The van der Waals surface area contributed by atoms with Crippen LogP contribution in [0.1, 0.15) is 48.0 Å². The van der Waals surface area contributed by atoms with Crippen molar-refractivity contribution in [1.29, 1.82) is 0 Å². The van der Waals surface area contributed by atoms with Gasteiger partial charge >= 0.3 is 0 Å². The molecule has 0 N–H and O–H groups in total. The molecule has 3 heterocycles. The Kier molecular flexibility index (Phi) is 7.05. The standard InChI is InChI=1S/C32H29N3O5S/c1-21-9-10-22(2)24(18-21)20-35-26-19-23(11-12-29(26)41(39)28-8-4-3-6-25(28)31(35)37)30(36)33-13-15-34(16-14-33)32(38)27-7-5-17-40-27/h3-12,17-19H,13-16,20H2,1-2H3/t41-/m0/s1. The number of rotatable bonds is 4. The average molecular weight is 568 g/mol. The van der Waals surface area contributed by atoms with Crippen molar-refractivity contribution in [2.45, 2.75) is 30.2 Å². The lowest BCUT2D eigenvalue weighted by molar-refractivity contribution is 0.0518. The van der Waals surface area contributed by atoms with E-state index in [1.165, 1.54) is 6.26 Å². The summed E-state index contributed by atoms with van der Waals surface area (Å²) in [5.41, 5.74) is 4.34. The summed E-state index contributed by atoms with van der Waals surface area (Å²) in [7, 11) is -1.61. The second-order valence-corrected chi connectivity index (χ2v) is 11.7. The van der Waals surface area contributed by atoms with Crippen LogP contribution in [0.4, 0.5) is 5.69 Å². The van der Waals surface area contributed by atoms with E-state index in [0.717, 1.165) is 16.7 Å². The van der Waals surface area contributed by atoms with Crippen LogP contribution >= 0.6 is 0 Å². The number of benzene rings is 3. The molecule has 1 fully saturated rings. The van der Waals surface area contributed by atoms with E-state index in [4.69, 9.17) is 4.42 Å². The second-order valence-electron chi connectivity index (χ2n) is 10.3. The largest absolute Gasteiger partial charge is 0.459 e. The van der Waals surface area contributed by atoms with Gasteiger partial charge in [-0.1, -0.05) is 35.9 Å². The van der Waals surface area contributed by atoms with Gasteiger partial charge in [-0.25, -0.2) is 4.21 Å². The average Bonchev–Trinajstić information content (AvgIpc) is 3.53. The van der Waals surface area contributed by atoms with Crippen LogP contribution in [-0.4, -0.2) is 57.9 Å². The van der Waals surface area contributed by atoms with Crippen LogP contribution in [0.5, 0.6) is 0 Å². The number of amides is 3. The van der Waals surface area contributed by atoms with Crippen LogP contribution in [0.25, 0.3) is 0 Å². The fourth-order valence-electron chi connectivity index (χ4n) is 5.35. The van der Waals surface area contributed by atoms with Gasteiger partial charge in [0.2, 0.25) is 0 Å². The molecule has 1 atom stereocenters. The van der Waals surface area contributed by atoms with Crippen LogP contribution in [0.3, 0.4) is 0 Å². The summed E-state index contributed by atoms with van der Waals surface area (Å²) in [5, 5.41) is 0. The molecule has 0 aliphatic carbocycles. The van der Waals surface area contributed by atoms with E-state index < -0.39 is 10.8 Å². The highest BCUT2D eigenvalue weighted by Gasteiger charge is 2.33. The Hall–Kier alpha value is -4.50. The van der Waals surface area contributed by atoms with E-state index in [-0.39, 0.29) is 30.0 Å². The van der Waals surface area contributed by atoms with Gasteiger partial charge in [0.1, 0.15) is 0 Å². The van der Waals surface area contributed by atoms with Gasteiger partial charge in [0.25, 0.3) is 17.7 Å². The number of carbonyl (C=O) groups excluding carboxylic acids is 3. The lowest BCUT2D eigenvalue weighted by atomic mass is 10.0. The number of anilines is 1. The van der Waals surface area contributed by atoms with Crippen LogP contribution in [0.2, 0.25) is 0 Å². The van der Waals surface area contributed by atoms with E-state index in [1.54, 1.807) is 69.3 Å². The number of hydrogen-bond donors (Lipinski definition) is 0. The van der Waals surface area contributed by atoms with E-state index in [1.807, 2.05) is 26.0 Å². The minimum Gasteiger partial charge on any atom is -0.459 e. The Morgan fingerprint density at radius 1 is 0.829 bits per heavy atom. The molecule has 3 aromatic carbocycles. The summed E-state index contributed by atoms with van der Waals surface area (Å²) in [6.45, 7) is 5.77. The number of hydrogen-bond acceptors (Lipinski definition) is 5. The highest BCUT2D eigenvalue weighted by Crippen LogP contribution is 2.36. The molecule has 4 aromatic rings. The first-order valence-electron chi connectivity index (χ1n) is 13.5. The minimum atomic E-state index is -1.61. The molecule has 1 saturated heterocycles. The quantitative estimate of drug-likeness (QED) is 0.353. The number of fused-ring (bicyclic) bond motifs is 2. The molecule has 9 heteroatoms. The Morgan fingerprint density at radius 2 is 1.56 bits per heavy atom. The molecule has 2 aliphatic heterocycles. The van der Waals surface area contributed by atoms with Crippen molar-refractivity contribution < 1.29 is 23.0 Å². The van der Waals surface area contributed by atoms with Gasteiger partial charge in [-0.2, -0.15) is 0 Å². The van der Waals surface area contributed by atoms with Crippen molar-refractivity contribution in [3.63, 3.8) is 0 Å². The summed E-state index contributed by atoms with van der Waals surface area (Å²) in [6, 6.07) is 21.4. The van der Waals surface area contributed by atoms with Crippen molar-refractivity contribution in [2.75, 3.05) is 31.1 Å². The lowest BCUT2D eigenvalue weighted by Crippen LogP contribution is -2.50. The molecule has 208 valence electrons. The molecule has 1 aromatic heterocycles. The smallest absolute Gasteiger partial charge is 0.289 e. The van der Waals surface area contributed by atoms with Crippen molar-refractivity contribution >= 4 is 34.2 Å². The molecule has 3 amide bonds. The number of aryl methyl sites for hydroxylation is 2. The molecule has 6 rings (SSSR count). The maximum Gasteiger partial charge on any atom is 0.289 e. The van der Waals surface area contributed by atoms with Gasteiger partial charge in [0.15, 0.2) is 5.76 Å². The van der Waals surface area contributed by atoms with Crippen molar-refractivity contribution in [1.82, 2.24) is 9.80 Å². The van der Waals surface area contributed by atoms with Crippen molar-refractivity contribution in [3.05, 3.63) is 113 Å². The zero-order chi connectivity index (χ0) is 28.7. The number of nitrogens with zero attached hydrogens (tertiary/aromatic N) is 3. The third-order valence-electron chi connectivity index (χ3n) is 7.68. The van der Waals surface area contributed by atoms with E-state index in [0.29, 0.717) is 52.8 Å². The zero-order valence-electron chi connectivity index (χ0n) is 22.8. The topological polar surface area (TPSA) is 91.1 Å². The maximum absolute atomic E-state index is 14.0. The van der Waals surface area contributed by atoms with E-state index in [2.05, 4.69) is 6.07 Å². The predicted molar refractivity (Wildman–Crippen MR) is 155 cm³/mol. The summed E-state index contributed by atoms with van der Waals surface area (Å²) >= 11 is 0. The van der Waals surface area contributed by atoms with Crippen LogP contribution < -0.4 is 4.90 Å². The molecule has 0 radical (unpaired) electrons. The zero-order valence-corrected chi connectivity index (χ0v) is 23.6. The summed E-state index contributed by atoms with van der Waals surface area (Å²) in [6.07, 6.45) is 1.46. The number of carbonyl (C=O) groups is 3. The third kappa shape index (κ3) is 4.97. The monoisotopic (exact) mass is 567 g/mol. The van der Waals surface area contributed by atoms with E-state index in [9.17, 15) is 18.6 Å². The lowest BCUT2D eigenvalue weighted by Gasteiger charge is -2.34. The molecule has 8 nitrogen and oxygen atoms in total. The van der Waals surface area contributed by atoms with Gasteiger partial charge in [0, 0.05) is 31.7 Å². The van der Waals surface area contributed by atoms with Crippen LogP contribution in [0, 0.1) is 13.8 Å².